The van der Waals surface area contributed by atoms with E-state index < -0.39 is 25.0 Å². The first-order chi connectivity index (χ1) is 8.89. The van der Waals surface area contributed by atoms with Crippen molar-refractivity contribution in [2.24, 2.45) is 0 Å². The Kier molecular flexibility index (Phi) is 5.17. The first kappa shape index (κ1) is 15.3. The fourth-order valence-corrected chi connectivity index (χ4v) is 1.53. The molecule has 0 aliphatic rings. The summed E-state index contributed by atoms with van der Waals surface area (Å²) in [6, 6.07) is 4.70. The number of ketones is 1. The highest BCUT2D eigenvalue weighted by molar-refractivity contribution is 6.02. The van der Waals surface area contributed by atoms with Crippen LogP contribution in [-0.4, -0.2) is 39.3 Å². The molecule has 106 valence electrons. The maximum absolute atomic E-state index is 12.0. The SMILES string of the molecule is COc1cccc(OC)c1C(=O)CNCC(F)(F)F. The van der Waals surface area contributed by atoms with Crippen LogP contribution in [-0.2, 0) is 0 Å². The van der Waals surface area contributed by atoms with Crippen molar-refractivity contribution in [2.75, 3.05) is 27.3 Å². The molecule has 19 heavy (non-hydrogen) atoms. The Morgan fingerprint density at radius 1 is 1.21 bits per heavy atom. The van der Waals surface area contributed by atoms with Crippen LogP contribution < -0.4 is 14.8 Å². The van der Waals surface area contributed by atoms with Crippen LogP contribution >= 0.6 is 0 Å². The molecule has 1 N–H and O–H groups in total. The number of carbonyl (C=O) groups excluding carboxylic acids is 1. The lowest BCUT2D eigenvalue weighted by Crippen LogP contribution is -2.33. The highest BCUT2D eigenvalue weighted by Crippen LogP contribution is 2.28. The summed E-state index contributed by atoms with van der Waals surface area (Å²) in [4.78, 5) is 11.9. The van der Waals surface area contributed by atoms with Gasteiger partial charge in [0.25, 0.3) is 0 Å². The van der Waals surface area contributed by atoms with Crippen LogP contribution in [0.1, 0.15) is 10.4 Å². The van der Waals surface area contributed by atoms with Gasteiger partial charge in [0.05, 0.1) is 27.3 Å². The average Bonchev–Trinajstić information content (AvgIpc) is 2.35. The fraction of sp³-hybridized carbons (Fsp3) is 0.417. The molecule has 7 heteroatoms. The quantitative estimate of drug-likeness (QED) is 0.808. The smallest absolute Gasteiger partial charge is 0.401 e. The van der Waals surface area contributed by atoms with E-state index >= 15 is 0 Å². The summed E-state index contributed by atoms with van der Waals surface area (Å²) in [6.45, 7) is -1.67. The zero-order valence-corrected chi connectivity index (χ0v) is 10.5. The third kappa shape index (κ3) is 4.44. The molecule has 0 unspecified atom stereocenters. The van der Waals surface area contributed by atoms with Gasteiger partial charge in [-0.25, -0.2) is 0 Å². The van der Waals surface area contributed by atoms with Gasteiger partial charge in [0.15, 0.2) is 5.78 Å². The molecule has 0 aromatic heterocycles. The number of Topliss-reactive ketones (excluding diaryl/α,β-unsaturated/α-hetero) is 1. The van der Waals surface area contributed by atoms with Gasteiger partial charge >= 0.3 is 6.18 Å². The van der Waals surface area contributed by atoms with E-state index in [9.17, 15) is 18.0 Å². The number of rotatable bonds is 6. The molecule has 0 saturated heterocycles. The summed E-state index contributed by atoms with van der Waals surface area (Å²) in [5.74, 6) is -0.00475. The van der Waals surface area contributed by atoms with Crippen molar-refractivity contribution in [3.8, 4) is 11.5 Å². The zero-order chi connectivity index (χ0) is 14.5. The summed E-state index contributed by atoms with van der Waals surface area (Å²) in [5, 5.41) is 2.04. The number of halogens is 3. The molecule has 0 fully saturated rings. The number of carbonyl (C=O) groups is 1. The minimum absolute atomic E-state index is 0.127. The van der Waals surface area contributed by atoms with Gasteiger partial charge in [-0.05, 0) is 12.1 Å². The Morgan fingerprint density at radius 2 is 1.74 bits per heavy atom. The molecule has 0 spiro atoms. The number of nitrogens with one attached hydrogen (secondary N) is 1. The van der Waals surface area contributed by atoms with E-state index in [1.54, 1.807) is 18.2 Å². The molecule has 0 atom stereocenters. The lowest BCUT2D eigenvalue weighted by atomic mass is 10.1. The topological polar surface area (TPSA) is 47.6 Å². The van der Waals surface area contributed by atoms with Crippen LogP contribution in [0.3, 0.4) is 0 Å². The number of benzene rings is 1. The van der Waals surface area contributed by atoms with E-state index in [4.69, 9.17) is 9.47 Å². The Morgan fingerprint density at radius 3 is 2.16 bits per heavy atom. The molecule has 0 heterocycles. The first-order valence-corrected chi connectivity index (χ1v) is 5.40. The van der Waals surface area contributed by atoms with E-state index in [2.05, 4.69) is 0 Å². The second-order valence-electron chi connectivity index (χ2n) is 3.68. The van der Waals surface area contributed by atoms with Crippen molar-refractivity contribution in [1.82, 2.24) is 5.32 Å². The van der Waals surface area contributed by atoms with Crippen LogP contribution in [0.15, 0.2) is 18.2 Å². The Labute approximate surface area is 108 Å². The van der Waals surface area contributed by atoms with E-state index in [1.165, 1.54) is 14.2 Å². The van der Waals surface area contributed by atoms with Crippen molar-refractivity contribution in [2.45, 2.75) is 6.18 Å². The number of hydrogen-bond donors (Lipinski definition) is 1. The van der Waals surface area contributed by atoms with Crippen molar-refractivity contribution in [1.29, 1.82) is 0 Å². The summed E-state index contributed by atoms with van der Waals surface area (Å²) >= 11 is 0. The highest BCUT2D eigenvalue weighted by Gasteiger charge is 2.27. The lowest BCUT2D eigenvalue weighted by Gasteiger charge is -2.13. The predicted octanol–water partition coefficient (Wildman–Crippen LogP) is 2.04. The molecule has 0 amide bonds. The van der Waals surface area contributed by atoms with Crippen LogP contribution in [0.4, 0.5) is 13.2 Å². The Bertz CT molecular complexity index is 424. The maximum Gasteiger partial charge on any atom is 0.401 e. The maximum atomic E-state index is 12.0. The molecule has 1 rings (SSSR count). The molecule has 4 nitrogen and oxygen atoms in total. The van der Waals surface area contributed by atoms with Crippen LogP contribution in [0.2, 0.25) is 0 Å². The fourth-order valence-electron chi connectivity index (χ4n) is 1.53. The molecular weight excluding hydrogens is 263 g/mol. The zero-order valence-electron chi connectivity index (χ0n) is 10.5. The largest absolute Gasteiger partial charge is 0.496 e. The molecule has 1 aromatic carbocycles. The monoisotopic (exact) mass is 277 g/mol. The predicted molar refractivity (Wildman–Crippen MR) is 62.8 cm³/mol. The van der Waals surface area contributed by atoms with Gasteiger partial charge in [-0.2, -0.15) is 13.2 Å². The first-order valence-electron chi connectivity index (χ1n) is 5.40. The van der Waals surface area contributed by atoms with Gasteiger partial charge in [-0.1, -0.05) is 6.07 Å². The molecule has 1 aromatic rings. The normalized spacial score (nSPS) is 11.2. The molecule has 0 aliphatic heterocycles. The third-order valence-corrected chi connectivity index (χ3v) is 2.32. The molecule has 0 saturated carbocycles. The Hall–Kier alpha value is -1.76. The molecule has 0 radical (unpaired) electrons. The minimum Gasteiger partial charge on any atom is -0.496 e. The summed E-state index contributed by atoms with van der Waals surface area (Å²) in [6.07, 6.45) is -4.36. The van der Waals surface area contributed by atoms with Crippen molar-refractivity contribution >= 4 is 5.78 Å². The van der Waals surface area contributed by atoms with Crippen molar-refractivity contribution < 1.29 is 27.4 Å². The number of hydrogen-bond acceptors (Lipinski definition) is 4. The molecule has 0 aliphatic carbocycles. The van der Waals surface area contributed by atoms with Gasteiger partial charge in [-0.3, -0.25) is 4.79 Å². The summed E-state index contributed by atoms with van der Waals surface area (Å²) in [5.41, 5.74) is 0.127. The van der Waals surface area contributed by atoms with Crippen molar-refractivity contribution in [3.05, 3.63) is 23.8 Å². The summed E-state index contributed by atoms with van der Waals surface area (Å²) in [7, 11) is 2.74. The third-order valence-electron chi connectivity index (χ3n) is 2.32. The summed E-state index contributed by atoms with van der Waals surface area (Å²) < 4.78 is 45.9. The number of ether oxygens (including phenoxy) is 2. The van der Waals surface area contributed by atoms with Gasteiger partial charge in [0.2, 0.25) is 0 Å². The van der Waals surface area contributed by atoms with E-state index in [0.29, 0.717) is 0 Å². The van der Waals surface area contributed by atoms with Gasteiger partial charge in [0.1, 0.15) is 17.1 Å². The standard InChI is InChI=1S/C12H14F3NO3/c1-18-9-4-3-5-10(19-2)11(9)8(17)6-16-7-12(13,14)15/h3-5,16H,6-7H2,1-2H3. The van der Waals surface area contributed by atoms with Gasteiger partial charge in [-0.15, -0.1) is 0 Å². The minimum atomic E-state index is -4.36. The van der Waals surface area contributed by atoms with Crippen LogP contribution in [0, 0.1) is 0 Å². The second kappa shape index (κ2) is 6.42. The Balaban J connectivity index is 2.81. The highest BCUT2D eigenvalue weighted by atomic mass is 19.4. The number of alkyl halides is 3. The van der Waals surface area contributed by atoms with Gasteiger partial charge < -0.3 is 14.8 Å². The average molecular weight is 277 g/mol. The second-order valence-corrected chi connectivity index (χ2v) is 3.68. The van der Waals surface area contributed by atoms with E-state index in [0.717, 1.165) is 0 Å². The van der Waals surface area contributed by atoms with Gasteiger partial charge in [0, 0.05) is 0 Å². The van der Waals surface area contributed by atoms with Crippen molar-refractivity contribution in [3.63, 3.8) is 0 Å². The molecule has 0 bridgehead atoms. The molecular formula is C12H14F3NO3. The van der Waals surface area contributed by atoms with E-state index in [1.807, 2.05) is 5.32 Å². The van der Waals surface area contributed by atoms with Crippen LogP contribution in [0.5, 0.6) is 11.5 Å². The van der Waals surface area contributed by atoms with Crippen LogP contribution in [0.25, 0.3) is 0 Å². The van der Waals surface area contributed by atoms with E-state index in [-0.39, 0.29) is 17.1 Å². The lowest BCUT2D eigenvalue weighted by molar-refractivity contribution is -0.124. The number of methoxy groups -OCH3 is 2.